The largest absolute Gasteiger partial charge is 0.494 e. The number of rotatable bonds is 10. The van der Waals surface area contributed by atoms with Crippen molar-refractivity contribution in [2.24, 2.45) is 0 Å². The van der Waals surface area contributed by atoms with Crippen LogP contribution in [0.4, 0.5) is 0 Å². The summed E-state index contributed by atoms with van der Waals surface area (Å²) in [6.07, 6.45) is 7.91. The maximum absolute atomic E-state index is 13.0. The quantitative estimate of drug-likeness (QED) is 0.555. The average Bonchev–Trinajstić information content (AvgIpc) is 2.78. The fourth-order valence-corrected chi connectivity index (χ4v) is 2.85. The van der Waals surface area contributed by atoms with Gasteiger partial charge in [0.2, 0.25) is 5.91 Å². The molecule has 0 aliphatic rings. The molecule has 1 aromatic carbocycles. The number of benzene rings is 1. The first-order valence-electron chi connectivity index (χ1n) is 9.78. The molecule has 0 aliphatic heterocycles. The van der Waals surface area contributed by atoms with E-state index >= 15 is 0 Å². The molecule has 1 atom stereocenters. The molecule has 0 bridgehead atoms. The van der Waals surface area contributed by atoms with E-state index in [1.54, 1.807) is 24.8 Å². The molecule has 1 amide bonds. The lowest BCUT2D eigenvalue weighted by Crippen LogP contribution is -2.37. The van der Waals surface area contributed by atoms with E-state index in [1.165, 1.54) is 0 Å². The SMILES string of the molecule is CCCOc1ccc(C(NCc2ccncc2)C(=O)NCc2cccnc2)cc1. The number of hydrogen-bond donors (Lipinski definition) is 2. The number of carbonyl (C=O) groups is 1. The zero-order valence-corrected chi connectivity index (χ0v) is 16.5. The third-order valence-corrected chi connectivity index (χ3v) is 4.40. The normalized spacial score (nSPS) is 11.6. The lowest BCUT2D eigenvalue weighted by atomic mass is 10.1. The first-order chi connectivity index (χ1) is 14.3. The molecule has 6 heteroatoms. The Labute approximate surface area is 171 Å². The molecule has 2 aromatic heterocycles. The maximum atomic E-state index is 13.0. The van der Waals surface area contributed by atoms with Crippen LogP contribution in [-0.2, 0) is 17.9 Å². The molecule has 1 unspecified atom stereocenters. The van der Waals surface area contributed by atoms with E-state index in [4.69, 9.17) is 4.74 Å². The van der Waals surface area contributed by atoms with Gasteiger partial charge in [0.1, 0.15) is 11.8 Å². The highest BCUT2D eigenvalue weighted by Crippen LogP contribution is 2.19. The van der Waals surface area contributed by atoms with Gasteiger partial charge in [0, 0.05) is 37.9 Å². The summed E-state index contributed by atoms with van der Waals surface area (Å²) in [5.74, 6) is 0.712. The molecule has 150 valence electrons. The topological polar surface area (TPSA) is 76.1 Å². The van der Waals surface area contributed by atoms with Crippen LogP contribution in [0.3, 0.4) is 0 Å². The minimum absolute atomic E-state index is 0.0925. The van der Waals surface area contributed by atoms with Crippen LogP contribution in [-0.4, -0.2) is 22.5 Å². The van der Waals surface area contributed by atoms with Crippen molar-refractivity contribution < 1.29 is 9.53 Å². The van der Waals surface area contributed by atoms with Gasteiger partial charge in [-0.2, -0.15) is 0 Å². The highest BCUT2D eigenvalue weighted by atomic mass is 16.5. The number of hydrogen-bond acceptors (Lipinski definition) is 5. The number of nitrogens with zero attached hydrogens (tertiary/aromatic N) is 2. The van der Waals surface area contributed by atoms with Crippen molar-refractivity contribution in [1.29, 1.82) is 0 Å². The second kappa shape index (κ2) is 10.9. The van der Waals surface area contributed by atoms with Crippen LogP contribution >= 0.6 is 0 Å². The van der Waals surface area contributed by atoms with Crippen LogP contribution in [0.15, 0.2) is 73.3 Å². The maximum Gasteiger partial charge on any atom is 0.242 e. The lowest BCUT2D eigenvalue weighted by molar-refractivity contribution is -0.123. The minimum Gasteiger partial charge on any atom is -0.494 e. The van der Waals surface area contributed by atoms with Crippen LogP contribution in [0.1, 0.15) is 36.1 Å². The van der Waals surface area contributed by atoms with E-state index in [9.17, 15) is 4.79 Å². The number of pyridine rings is 2. The van der Waals surface area contributed by atoms with Gasteiger partial charge < -0.3 is 10.1 Å². The van der Waals surface area contributed by atoms with Crippen molar-refractivity contribution in [3.8, 4) is 5.75 Å². The predicted octanol–water partition coefficient (Wildman–Crippen LogP) is 3.41. The molecule has 0 radical (unpaired) electrons. The number of ether oxygens (including phenoxy) is 1. The number of aromatic nitrogens is 2. The highest BCUT2D eigenvalue weighted by molar-refractivity contribution is 5.83. The summed E-state index contributed by atoms with van der Waals surface area (Å²) < 4.78 is 5.65. The van der Waals surface area contributed by atoms with Crippen LogP contribution < -0.4 is 15.4 Å². The van der Waals surface area contributed by atoms with E-state index in [0.717, 1.165) is 28.9 Å². The van der Waals surface area contributed by atoms with E-state index in [2.05, 4.69) is 27.5 Å². The summed E-state index contributed by atoms with van der Waals surface area (Å²) in [5, 5.41) is 6.35. The molecule has 29 heavy (non-hydrogen) atoms. The van der Waals surface area contributed by atoms with Crippen LogP contribution in [0.2, 0.25) is 0 Å². The molecule has 0 fully saturated rings. The zero-order chi connectivity index (χ0) is 20.3. The minimum atomic E-state index is -0.486. The van der Waals surface area contributed by atoms with Crippen molar-refractivity contribution in [3.05, 3.63) is 90.0 Å². The Bertz CT molecular complexity index is 870. The fourth-order valence-electron chi connectivity index (χ4n) is 2.85. The van der Waals surface area contributed by atoms with E-state index in [0.29, 0.717) is 19.7 Å². The van der Waals surface area contributed by atoms with Gasteiger partial charge in [-0.1, -0.05) is 25.1 Å². The van der Waals surface area contributed by atoms with Crippen molar-refractivity contribution in [1.82, 2.24) is 20.6 Å². The van der Waals surface area contributed by atoms with Crippen molar-refractivity contribution in [2.75, 3.05) is 6.61 Å². The summed E-state index contributed by atoms with van der Waals surface area (Å²) in [5.41, 5.74) is 2.90. The van der Waals surface area contributed by atoms with Crippen molar-refractivity contribution >= 4 is 5.91 Å². The third kappa shape index (κ3) is 6.40. The highest BCUT2D eigenvalue weighted by Gasteiger charge is 2.20. The molecular formula is C23H26N4O2. The van der Waals surface area contributed by atoms with E-state index < -0.39 is 6.04 Å². The molecule has 6 nitrogen and oxygen atoms in total. The summed E-state index contributed by atoms with van der Waals surface area (Å²) in [7, 11) is 0. The van der Waals surface area contributed by atoms with Gasteiger partial charge in [-0.25, -0.2) is 0 Å². The van der Waals surface area contributed by atoms with Crippen LogP contribution in [0, 0.1) is 0 Å². The lowest BCUT2D eigenvalue weighted by Gasteiger charge is -2.19. The first kappa shape index (κ1) is 20.5. The molecule has 2 heterocycles. The van der Waals surface area contributed by atoms with E-state index in [1.807, 2.05) is 48.5 Å². The fraction of sp³-hybridized carbons (Fsp3) is 0.261. The third-order valence-electron chi connectivity index (χ3n) is 4.40. The predicted molar refractivity (Wildman–Crippen MR) is 112 cm³/mol. The molecule has 0 saturated heterocycles. The first-order valence-corrected chi connectivity index (χ1v) is 9.78. The second-order valence-electron chi connectivity index (χ2n) is 6.67. The summed E-state index contributed by atoms with van der Waals surface area (Å²) in [6.45, 7) is 3.73. The molecule has 0 saturated carbocycles. The van der Waals surface area contributed by atoms with Gasteiger partial charge in [-0.3, -0.25) is 20.1 Å². The summed E-state index contributed by atoms with van der Waals surface area (Å²) >= 11 is 0. The monoisotopic (exact) mass is 390 g/mol. The Morgan fingerprint density at radius 2 is 1.76 bits per heavy atom. The number of carbonyl (C=O) groups excluding carboxylic acids is 1. The Morgan fingerprint density at radius 3 is 2.45 bits per heavy atom. The summed E-state index contributed by atoms with van der Waals surface area (Å²) in [6, 6.07) is 14.8. The average molecular weight is 390 g/mol. The molecule has 3 aromatic rings. The smallest absolute Gasteiger partial charge is 0.242 e. The molecule has 2 N–H and O–H groups in total. The summed E-state index contributed by atoms with van der Waals surface area (Å²) in [4.78, 5) is 21.1. The van der Waals surface area contributed by atoms with Gasteiger partial charge in [0.05, 0.1) is 6.61 Å². The number of amides is 1. The Balaban J connectivity index is 1.70. The number of nitrogens with one attached hydrogen (secondary N) is 2. The molecule has 0 spiro atoms. The molecule has 0 aliphatic carbocycles. The van der Waals surface area contributed by atoms with Gasteiger partial charge >= 0.3 is 0 Å². The van der Waals surface area contributed by atoms with Gasteiger partial charge in [0.15, 0.2) is 0 Å². The van der Waals surface area contributed by atoms with Crippen LogP contribution in [0.5, 0.6) is 5.75 Å². The Kier molecular flexibility index (Phi) is 7.72. The van der Waals surface area contributed by atoms with E-state index in [-0.39, 0.29) is 5.91 Å². The molecular weight excluding hydrogens is 364 g/mol. The molecule has 3 rings (SSSR count). The Hall–Kier alpha value is -3.25. The van der Waals surface area contributed by atoms with Crippen LogP contribution in [0.25, 0.3) is 0 Å². The standard InChI is InChI=1S/C23H26N4O2/c1-2-14-29-21-7-5-20(6-8-21)22(26-16-18-9-12-24-13-10-18)23(28)27-17-19-4-3-11-25-15-19/h3-13,15,22,26H,2,14,16-17H2,1H3,(H,27,28). The van der Waals surface area contributed by atoms with Crippen molar-refractivity contribution in [2.45, 2.75) is 32.5 Å². The zero-order valence-electron chi connectivity index (χ0n) is 16.5. The second-order valence-corrected chi connectivity index (χ2v) is 6.67. The Morgan fingerprint density at radius 1 is 0.966 bits per heavy atom. The van der Waals surface area contributed by atoms with Gasteiger partial charge in [-0.15, -0.1) is 0 Å². The van der Waals surface area contributed by atoms with Gasteiger partial charge in [0.25, 0.3) is 0 Å². The van der Waals surface area contributed by atoms with Gasteiger partial charge in [-0.05, 0) is 53.4 Å². The van der Waals surface area contributed by atoms with Crippen molar-refractivity contribution in [3.63, 3.8) is 0 Å².